The molecule has 0 aliphatic carbocycles. The van der Waals surface area contributed by atoms with Crippen LogP contribution >= 0.6 is 22.6 Å². The van der Waals surface area contributed by atoms with Crippen LogP contribution in [-0.4, -0.2) is 28.2 Å². The van der Waals surface area contributed by atoms with Gasteiger partial charge in [0.05, 0.1) is 19.6 Å². The van der Waals surface area contributed by atoms with Gasteiger partial charge in [-0.15, -0.1) is 6.42 Å². The first-order chi connectivity index (χ1) is 16.2. The minimum atomic E-state index is 0.278. The van der Waals surface area contributed by atoms with Gasteiger partial charge in [0, 0.05) is 29.0 Å². The van der Waals surface area contributed by atoms with Gasteiger partial charge in [-0.3, -0.25) is 0 Å². The fraction of sp³-hybridized carbons (Fsp3) is 0.742. The second-order valence-electron chi connectivity index (χ2n) is 10.1. The van der Waals surface area contributed by atoms with E-state index in [0.717, 1.165) is 10.9 Å². The number of halogens is 1. The van der Waals surface area contributed by atoms with E-state index in [4.69, 9.17) is 6.42 Å². The molecule has 0 radical (unpaired) electrons. The lowest BCUT2D eigenvalue weighted by Gasteiger charge is -2.41. The van der Waals surface area contributed by atoms with Crippen LogP contribution in [0, 0.1) is 12.3 Å². The molecule has 0 aliphatic heterocycles. The molecule has 0 aromatic heterocycles. The lowest BCUT2D eigenvalue weighted by Crippen LogP contribution is -2.54. The Morgan fingerprint density at radius 2 is 1.09 bits per heavy atom. The van der Waals surface area contributed by atoms with Crippen molar-refractivity contribution >= 4 is 22.6 Å². The van der Waals surface area contributed by atoms with Crippen LogP contribution < -0.4 is 0 Å². The maximum Gasteiger partial charge on any atom is 0.200 e. The Kier molecular flexibility index (Phi) is 19.2. The van der Waals surface area contributed by atoms with Crippen LogP contribution in [0.1, 0.15) is 122 Å². The number of alkyl halides is 1. The average Bonchev–Trinajstić information content (AvgIpc) is 2.85. The molecule has 0 N–H and O–H groups in total. The van der Waals surface area contributed by atoms with E-state index < -0.39 is 0 Å². The number of hydrogen-bond donors (Lipinski definition) is 0. The van der Waals surface area contributed by atoms with Crippen LogP contribution in [0.2, 0.25) is 0 Å². The summed E-state index contributed by atoms with van der Waals surface area (Å²) in [7, 11) is 0. The van der Waals surface area contributed by atoms with Gasteiger partial charge in [0.25, 0.3) is 0 Å². The second-order valence-corrected chi connectivity index (χ2v) is 11.3. The zero-order valence-electron chi connectivity index (χ0n) is 22.0. The third-order valence-corrected chi connectivity index (χ3v) is 8.76. The van der Waals surface area contributed by atoms with Crippen molar-refractivity contribution in [1.82, 2.24) is 0 Å². The van der Waals surface area contributed by atoms with Gasteiger partial charge >= 0.3 is 0 Å². The first kappa shape index (κ1) is 30.5. The third kappa shape index (κ3) is 14.5. The molecule has 1 nitrogen and oxygen atoms in total. The molecular formula is C31H53IN+. The van der Waals surface area contributed by atoms with E-state index in [9.17, 15) is 0 Å². The molecule has 188 valence electrons. The fourth-order valence-corrected chi connectivity index (χ4v) is 5.79. The largest absolute Gasteiger partial charge is 0.303 e. The van der Waals surface area contributed by atoms with Gasteiger partial charge in [0.15, 0.2) is 0 Å². The highest BCUT2D eigenvalue weighted by atomic mass is 127. The molecule has 0 heterocycles. The maximum atomic E-state index is 6.05. The maximum absolute atomic E-state index is 6.05. The molecule has 0 spiro atoms. The minimum Gasteiger partial charge on any atom is -0.303 e. The molecule has 1 unspecified atom stereocenters. The Morgan fingerprint density at radius 3 is 1.52 bits per heavy atom. The summed E-state index contributed by atoms with van der Waals surface area (Å²) in [5, 5.41) is 0. The van der Waals surface area contributed by atoms with E-state index in [1.54, 1.807) is 0 Å². The summed E-state index contributed by atoms with van der Waals surface area (Å²) < 4.78 is 1.39. The summed E-state index contributed by atoms with van der Waals surface area (Å²) in [5.74, 6) is 3.15. The Morgan fingerprint density at radius 1 is 0.667 bits per heavy atom. The molecule has 2 heteroatoms. The Labute approximate surface area is 221 Å². The lowest BCUT2D eigenvalue weighted by molar-refractivity contribution is -0.927. The van der Waals surface area contributed by atoms with Crippen molar-refractivity contribution in [1.29, 1.82) is 0 Å². The standard InChI is InChI=1S/C31H53IN/c1-4-7-9-11-13-15-17-22-27-33(31(32)6-3,29-26-30-24-20-19-21-25-30)28-23-18-16-14-12-10-8-5-2/h3,19-21,24-25,31H,4-5,7-18,22-23,26-29H2,1-2H3/q+1. The Hall–Kier alpha value is -0.530. The van der Waals surface area contributed by atoms with Crippen molar-refractivity contribution < 1.29 is 4.48 Å². The number of quaternary nitrogens is 1. The van der Waals surface area contributed by atoms with Crippen molar-refractivity contribution in [3.8, 4) is 12.3 Å². The summed E-state index contributed by atoms with van der Waals surface area (Å²) in [6.07, 6.45) is 29.3. The molecule has 0 saturated carbocycles. The highest BCUT2D eigenvalue weighted by Gasteiger charge is 2.33. The van der Waals surface area contributed by atoms with E-state index >= 15 is 0 Å². The van der Waals surface area contributed by atoms with Crippen LogP contribution in [0.15, 0.2) is 30.3 Å². The molecule has 1 rings (SSSR count). The third-order valence-electron chi connectivity index (χ3n) is 7.22. The first-order valence-electron chi connectivity index (χ1n) is 14.2. The summed E-state index contributed by atoms with van der Waals surface area (Å²) in [6, 6.07) is 11.0. The van der Waals surface area contributed by atoms with Crippen molar-refractivity contribution in [2.24, 2.45) is 0 Å². The molecule has 0 aliphatic rings. The van der Waals surface area contributed by atoms with Gasteiger partial charge in [-0.05, 0) is 37.2 Å². The summed E-state index contributed by atoms with van der Waals surface area (Å²) in [5.41, 5.74) is 1.45. The summed E-state index contributed by atoms with van der Waals surface area (Å²) in [4.78, 5) is 0. The van der Waals surface area contributed by atoms with Crippen LogP contribution in [0.4, 0.5) is 0 Å². The zero-order chi connectivity index (χ0) is 24.0. The van der Waals surface area contributed by atoms with Gasteiger partial charge in [-0.1, -0.05) is 121 Å². The van der Waals surface area contributed by atoms with Crippen LogP contribution in [0.3, 0.4) is 0 Å². The predicted octanol–water partition coefficient (Wildman–Crippen LogP) is 9.72. The van der Waals surface area contributed by atoms with E-state index in [2.05, 4.69) is 72.7 Å². The number of benzene rings is 1. The molecule has 1 atom stereocenters. The van der Waals surface area contributed by atoms with E-state index in [1.165, 1.54) is 128 Å². The SMILES string of the molecule is C#CC(I)[N+](CCCCCCCCCC)(CCCCCCCCCC)CCc1ccccc1. The van der Waals surface area contributed by atoms with Gasteiger partial charge < -0.3 is 4.48 Å². The highest BCUT2D eigenvalue weighted by Crippen LogP contribution is 2.25. The van der Waals surface area contributed by atoms with E-state index in [1.807, 2.05) is 0 Å². The van der Waals surface area contributed by atoms with Crippen molar-refractivity contribution in [2.45, 2.75) is 127 Å². The highest BCUT2D eigenvalue weighted by molar-refractivity contribution is 14.1. The number of hydrogen-bond acceptors (Lipinski definition) is 0. The smallest absolute Gasteiger partial charge is 0.200 e. The van der Waals surface area contributed by atoms with Crippen molar-refractivity contribution in [2.75, 3.05) is 19.6 Å². The van der Waals surface area contributed by atoms with E-state index in [-0.39, 0.29) is 4.05 Å². The molecule has 0 saturated heterocycles. The lowest BCUT2D eigenvalue weighted by atomic mass is 10.0. The summed E-state index contributed by atoms with van der Waals surface area (Å²) >= 11 is 2.57. The second kappa shape index (κ2) is 20.8. The van der Waals surface area contributed by atoms with Crippen molar-refractivity contribution in [3.63, 3.8) is 0 Å². The normalized spacial score (nSPS) is 12.5. The molecule has 33 heavy (non-hydrogen) atoms. The molecular weight excluding hydrogens is 513 g/mol. The average molecular weight is 567 g/mol. The topological polar surface area (TPSA) is 0 Å². The van der Waals surface area contributed by atoms with Crippen molar-refractivity contribution in [3.05, 3.63) is 35.9 Å². The first-order valence-corrected chi connectivity index (χ1v) is 15.4. The number of nitrogens with zero attached hydrogens (tertiary/aromatic N) is 1. The van der Waals surface area contributed by atoms with Crippen LogP contribution in [0.25, 0.3) is 0 Å². The van der Waals surface area contributed by atoms with Crippen LogP contribution in [-0.2, 0) is 6.42 Å². The Balaban J connectivity index is 2.59. The number of unbranched alkanes of at least 4 members (excludes halogenated alkanes) is 14. The molecule has 0 fully saturated rings. The van der Waals surface area contributed by atoms with Gasteiger partial charge in [-0.25, -0.2) is 0 Å². The van der Waals surface area contributed by atoms with Gasteiger partial charge in [0.2, 0.25) is 4.05 Å². The fourth-order valence-electron chi connectivity index (χ4n) is 4.95. The van der Waals surface area contributed by atoms with Gasteiger partial charge in [-0.2, -0.15) is 0 Å². The number of rotatable bonds is 22. The zero-order valence-corrected chi connectivity index (χ0v) is 24.2. The molecule has 0 bridgehead atoms. The Bertz CT molecular complexity index is 571. The monoisotopic (exact) mass is 566 g/mol. The van der Waals surface area contributed by atoms with Gasteiger partial charge in [0.1, 0.15) is 0 Å². The predicted molar refractivity (Wildman–Crippen MR) is 157 cm³/mol. The molecule has 0 amide bonds. The molecule has 1 aromatic carbocycles. The summed E-state index contributed by atoms with van der Waals surface area (Å²) in [6.45, 7) is 8.26. The minimum absolute atomic E-state index is 0.278. The number of terminal acetylenes is 1. The quantitative estimate of drug-likeness (QED) is 0.0327. The van der Waals surface area contributed by atoms with E-state index in [0.29, 0.717) is 0 Å². The molecule has 1 aromatic rings. The van der Waals surface area contributed by atoms with Crippen LogP contribution in [0.5, 0.6) is 0 Å².